The number of amidine groups is 1. The van der Waals surface area contributed by atoms with Crippen LogP contribution in [-0.4, -0.2) is 46.0 Å². The number of nitrogens with zero attached hydrogens (tertiary/aromatic N) is 3. The van der Waals surface area contributed by atoms with E-state index in [9.17, 15) is 9.59 Å². The highest BCUT2D eigenvalue weighted by Crippen LogP contribution is 2.31. The van der Waals surface area contributed by atoms with Crippen LogP contribution in [0.2, 0.25) is 0 Å². The number of rotatable bonds is 4. The number of carbonyl (C=O) groups excluding carboxylic acids is 2. The summed E-state index contributed by atoms with van der Waals surface area (Å²) in [6, 6.07) is 13.3. The first-order valence-electron chi connectivity index (χ1n) is 9.21. The maximum atomic E-state index is 12.6. The van der Waals surface area contributed by atoms with Crippen LogP contribution in [0.3, 0.4) is 0 Å². The van der Waals surface area contributed by atoms with Crippen LogP contribution >= 0.6 is 0 Å². The quantitative estimate of drug-likeness (QED) is 0.846. The summed E-state index contributed by atoms with van der Waals surface area (Å²) in [5.41, 5.74) is 1.94. The van der Waals surface area contributed by atoms with Gasteiger partial charge in [-0.2, -0.15) is 0 Å². The van der Waals surface area contributed by atoms with Crippen molar-refractivity contribution in [3.63, 3.8) is 0 Å². The molecular formula is C21H22N4O2. The third-order valence-electron chi connectivity index (χ3n) is 5.34. The van der Waals surface area contributed by atoms with Gasteiger partial charge in [-0.3, -0.25) is 19.5 Å². The predicted octanol–water partition coefficient (Wildman–Crippen LogP) is 2.20. The molecule has 1 amide bonds. The molecule has 3 heterocycles. The molecule has 2 aliphatic heterocycles. The summed E-state index contributed by atoms with van der Waals surface area (Å²) in [5.74, 6) is 0.637. The summed E-state index contributed by atoms with van der Waals surface area (Å²) >= 11 is 0. The number of hydrogen-bond donors (Lipinski definition) is 1. The van der Waals surface area contributed by atoms with Crippen LogP contribution in [0.4, 0.5) is 0 Å². The van der Waals surface area contributed by atoms with Crippen molar-refractivity contribution in [3.05, 3.63) is 65.5 Å². The van der Waals surface area contributed by atoms with Gasteiger partial charge >= 0.3 is 0 Å². The van der Waals surface area contributed by atoms with Crippen molar-refractivity contribution in [2.24, 2.45) is 4.99 Å². The molecule has 0 atom stereocenters. The van der Waals surface area contributed by atoms with E-state index in [1.54, 1.807) is 13.1 Å². The van der Waals surface area contributed by atoms with Gasteiger partial charge in [-0.1, -0.05) is 30.3 Å². The molecule has 6 heteroatoms. The number of carbonyl (C=O) groups is 2. The number of aromatic nitrogens is 1. The van der Waals surface area contributed by atoms with Crippen LogP contribution in [-0.2, 0) is 11.3 Å². The minimum atomic E-state index is -0.665. The van der Waals surface area contributed by atoms with Crippen LogP contribution in [0.1, 0.15) is 41.4 Å². The van der Waals surface area contributed by atoms with E-state index in [-0.39, 0.29) is 11.7 Å². The van der Waals surface area contributed by atoms with E-state index in [0.717, 1.165) is 25.2 Å². The first-order valence-corrected chi connectivity index (χ1v) is 9.21. The van der Waals surface area contributed by atoms with Gasteiger partial charge in [0.25, 0.3) is 5.91 Å². The zero-order chi connectivity index (χ0) is 18.9. The van der Waals surface area contributed by atoms with Gasteiger partial charge in [0.15, 0.2) is 11.6 Å². The molecule has 27 heavy (non-hydrogen) atoms. The summed E-state index contributed by atoms with van der Waals surface area (Å²) in [5, 5.41) is 2.91. The van der Waals surface area contributed by atoms with Gasteiger partial charge in [-0.25, -0.2) is 4.99 Å². The minimum absolute atomic E-state index is 0.0198. The zero-order valence-electron chi connectivity index (χ0n) is 15.3. The fourth-order valence-electron chi connectivity index (χ4n) is 3.66. The van der Waals surface area contributed by atoms with Gasteiger partial charge in [0, 0.05) is 31.4 Å². The normalized spacial score (nSPS) is 19.0. The van der Waals surface area contributed by atoms with E-state index in [1.165, 1.54) is 5.56 Å². The standard InChI is InChI=1S/C21H22N4O2/c1-15(26)17-7-5-16(6-8-17)14-25-12-9-21(10-13-25)20(27)23-19(24-21)18-4-2-3-11-22-18/h2-8,11H,9-10,12-14H2,1H3,(H,23,24,27). The Bertz CT molecular complexity index is 882. The molecule has 138 valence electrons. The molecule has 0 saturated carbocycles. The van der Waals surface area contributed by atoms with Gasteiger partial charge < -0.3 is 5.32 Å². The second kappa shape index (κ2) is 7.04. The van der Waals surface area contributed by atoms with Crippen LogP contribution in [0, 0.1) is 0 Å². The molecule has 2 aliphatic rings. The van der Waals surface area contributed by atoms with Crippen molar-refractivity contribution < 1.29 is 9.59 Å². The molecule has 0 aliphatic carbocycles. The highest BCUT2D eigenvalue weighted by Gasteiger charge is 2.46. The van der Waals surface area contributed by atoms with Crippen molar-refractivity contribution >= 4 is 17.5 Å². The van der Waals surface area contributed by atoms with Gasteiger partial charge in [-0.15, -0.1) is 0 Å². The van der Waals surface area contributed by atoms with Crippen LogP contribution in [0.25, 0.3) is 0 Å². The summed E-state index contributed by atoms with van der Waals surface area (Å²) in [6.45, 7) is 4.00. The minimum Gasteiger partial charge on any atom is -0.307 e. The Balaban J connectivity index is 1.41. The van der Waals surface area contributed by atoms with Crippen LogP contribution in [0.15, 0.2) is 53.7 Å². The number of likely N-dealkylation sites (tertiary alicyclic amines) is 1. The number of benzene rings is 1. The third-order valence-corrected chi connectivity index (χ3v) is 5.34. The summed E-state index contributed by atoms with van der Waals surface area (Å²) in [4.78, 5) is 35.3. The lowest BCUT2D eigenvalue weighted by molar-refractivity contribution is -0.125. The Labute approximate surface area is 158 Å². The fourth-order valence-corrected chi connectivity index (χ4v) is 3.66. The SMILES string of the molecule is CC(=O)c1ccc(CN2CCC3(CC2)N=C(c2ccccn2)NC3=O)cc1. The molecule has 1 spiro atoms. The smallest absolute Gasteiger partial charge is 0.253 e. The molecule has 1 fully saturated rings. The number of pyridine rings is 1. The summed E-state index contributed by atoms with van der Waals surface area (Å²) in [7, 11) is 0. The molecule has 1 saturated heterocycles. The molecule has 1 N–H and O–H groups in total. The maximum Gasteiger partial charge on any atom is 0.253 e. The topological polar surface area (TPSA) is 74.7 Å². The Morgan fingerprint density at radius 1 is 1.15 bits per heavy atom. The third kappa shape index (κ3) is 3.53. The van der Waals surface area contributed by atoms with Gasteiger partial charge in [0.1, 0.15) is 11.2 Å². The van der Waals surface area contributed by atoms with Crippen molar-refractivity contribution in [3.8, 4) is 0 Å². The van der Waals surface area contributed by atoms with E-state index in [0.29, 0.717) is 24.4 Å². The fraction of sp³-hybridized carbons (Fsp3) is 0.333. The lowest BCUT2D eigenvalue weighted by atomic mass is 9.88. The van der Waals surface area contributed by atoms with Crippen molar-refractivity contribution in [2.45, 2.75) is 31.8 Å². The predicted molar refractivity (Wildman–Crippen MR) is 103 cm³/mol. The lowest BCUT2D eigenvalue weighted by Gasteiger charge is -2.35. The largest absolute Gasteiger partial charge is 0.307 e. The molecule has 2 aromatic rings. The number of Topliss-reactive ketones (excluding diaryl/α,β-unsaturated/α-hetero) is 1. The monoisotopic (exact) mass is 362 g/mol. The van der Waals surface area contributed by atoms with E-state index in [4.69, 9.17) is 4.99 Å². The number of piperidine rings is 1. The molecule has 1 aromatic carbocycles. The molecule has 6 nitrogen and oxygen atoms in total. The van der Waals surface area contributed by atoms with Crippen molar-refractivity contribution in [2.75, 3.05) is 13.1 Å². The number of amides is 1. The molecule has 0 bridgehead atoms. The maximum absolute atomic E-state index is 12.6. The Morgan fingerprint density at radius 3 is 2.52 bits per heavy atom. The molecule has 0 unspecified atom stereocenters. The molecular weight excluding hydrogens is 340 g/mol. The Morgan fingerprint density at radius 2 is 1.89 bits per heavy atom. The van der Waals surface area contributed by atoms with E-state index in [1.807, 2.05) is 42.5 Å². The van der Waals surface area contributed by atoms with Gasteiger partial charge in [-0.05, 0) is 37.5 Å². The van der Waals surface area contributed by atoms with Crippen LogP contribution < -0.4 is 5.32 Å². The van der Waals surface area contributed by atoms with Gasteiger partial charge in [0.05, 0.1) is 0 Å². The second-order valence-electron chi connectivity index (χ2n) is 7.19. The van der Waals surface area contributed by atoms with Crippen LogP contribution in [0.5, 0.6) is 0 Å². The van der Waals surface area contributed by atoms with Gasteiger partial charge in [0.2, 0.25) is 0 Å². The zero-order valence-corrected chi connectivity index (χ0v) is 15.3. The number of aliphatic imine (C=N–C) groups is 1. The first kappa shape index (κ1) is 17.5. The Hall–Kier alpha value is -2.86. The Kier molecular flexibility index (Phi) is 4.58. The molecule has 1 aromatic heterocycles. The first-order chi connectivity index (χ1) is 13.1. The van der Waals surface area contributed by atoms with Crippen molar-refractivity contribution in [1.82, 2.24) is 15.2 Å². The number of hydrogen-bond acceptors (Lipinski definition) is 5. The second-order valence-corrected chi connectivity index (χ2v) is 7.19. The van der Waals surface area contributed by atoms with E-state index >= 15 is 0 Å². The highest BCUT2D eigenvalue weighted by atomic mass is 16.2. The van der Waals surface area contributed by atoms with E-state index in [2.05, 4.69) is 15.2 Å². The summed E-state index contributed by atoms with van der Waals surface area (Å²) in [6.07, 6.45) is 3.09. The number of ketones is 1. The molecule has 0 radical (unpaired) electrons. The molecule has 4 rings (SSSR count). The summed E-state index contributed by atoms with van der Waals surface area (Å²) < 4.78 is 0. The average molecular weight is 362 g/mol. The van der Waals surface area contributed by atoms with Crippen molar-refractivity contribution in [1.29, 1.82) is 0 Å². The van der Waals surface area contributed by atoms with E-state index < -0.39 is 5.54 Å². The lowest BCUT2D eigenvalue weighted by Crippen LogP contribution is -2.48. The number of nitrogens with one attached hydrogen (secondary N) is 1. The highest BCUT2D eigenvalue weighted by molar-refractivity contribution is 6.14. The average Bonchev–Trinajstić information content (AvgIpc) is 3.01.